The lowest BCUT2D eigenvalue weighted by atomic mass is 9.85. The van der Waals surface area contributed by atoms with Gasteiger partial charge in [0.15, 0.2) is 0 Å². The Hall–Kier alpha value is -5.58. The lowest BCUT2D eigenvalue weighted by Gasteiger charge is -2.40. The zero-order valence-corrected chi connectivity index (χ0v) is 31.3. The largest absolute Gasteiger partial charge is 0.417 e. The highest BCUT2D eigenvalue weighted by Gasteiger charge is 2.40. The summed E-state index contributed by atoms with van der Waals surface area (Å²) in [5, 5.41) is 0. The fourth-order valence-electron chi connectivity index (χ4n) is 7.80. The number of nitrogens with zero attached hydrogens (tertiary/aromatic N) is 2. The van der Waals surface area contributed by atoms with Gasteiger partial charge in [0, 0.05) is 36.3 Å². The summed E-state index contributed by atoms with van der Waals surface area (Å²) in [7, 11) is 0. The van der Waals surface area contributed by atoms with Gasteiger partial charge in [-0.3, -0.25) is 0 Å². The molecule has 2 nitrogen and oxygen atoms in total. The molecule has 0 bridgehead atoms. The van der Waals surface area contributed by atoms with Gasteiger partial charge in [-0.05, 0) is 84.3 Å². The number of alkyl halides is 6. The molecule has 0 fully saturated rings. The van der Waals surface area contributed by atoms with Crippen molar-refractivity contribution in [2.75, 3.05) is 9.80 Å². The molecule has 0 aromatic heterocycles. The number of benzene rings is 7. The highest BCUT2D eigenvalue weighted by atomic mass is 32.2. The summed E-state index contributed by atoms with van der Waals surface area (Å²) >= 11 is 3.12. The summed E-state index contributed by atoms with van der Waals surface area (Å²) in [5.74, 6) is 0. The van der Waals surface area contributed by atoms with Gasteiger partial charge in [0.25, 0.3) is 0 Å². The van der Waals surface area contributed by atoms with Crippen LogP contribution in [0.1, 0.15) is 23.6 Å². The monoisotopic (exact) mass is 788 g/mol. The number of hydrogen-bond donors (Lipinski definition) is 0. The fraction of sp³-hybridized carbons (Fsp3) is 0.0870. The van der Waals surface area contributed by atoms with E-state index in [0.717, 1.165) is 54.5 Å². The van der Waals surface area contributed by atoms with Crippen LogP contribution in [0.15, 0.2) is 171 Å². The standard InChI is InChI=1S/C46H30F6N2S2/c1-2-28-43(53-35-19-7-11-23-39(35)55-40-24-12-8-20-36(40)53)31(29-15-3-5-17-33(29)45(47,48)49)27-32(30-16-4-6-18-34(30)46(50,51)52)44(28)54-37-21-9-13-25-41(37)56-42-26-14-10-22-38(42)54/h3-27H,2H2,1H3. The summed E-state index contributed by atoms with van der Waals surface area (Å²) in [6, 6.07) is 43.1. The molecule has 278 valence electrons. The minimum atomic E-state index is -4.77. The second-order valence-corrected chi connectivity index (χ2v) is 15.5. The van der Waals surface area contributed by atoms with E-state index in [1.165, 1.54) is 24.3 Å². The van der Waals surface area contributed by atoms with Crippen LogP contribution < -0.4 is 9.80 Å². The first kappa shape index (κ1) is 36.1. The number of hydrogen-bond acceptors (Lipinski definition) is 4. The van der Waals surface area contributed by atoms with Crippen LogP contribution >= 0.6 is 23.5 Å². The number of rotatable bonds is 5. The third kappa shape index (κ3) is 6.03. The van der Waals surface area contributed by atoms with Gasteiger partial charge in [0.05, 0.1) is 45.3 Å². The number of para-hydroxylation sites is 4. The van der Waals surface area contributed by atoms with Crippen LogP contribution in [0.4, 0.5) is 60.5 Å². The highest BCUT2D eigenvalue weighted by molar-refractivity contribution is 8.00. The van der Waals surface area contributed by atoms with E-state index in [-0.39, 0.29) is 28.7 Å². The van der Waals surface area contributed by atoms with Gasteiger partial charge in [-0.15, -0.1) is 0 Å². The Morgan fingerprint density at radius 2 is 0.714 bits per heavy atom. The van der Waals surface area contributed by atoms with Gasteiger partial charge in [-0.1, -0.05) is 115 Å². The second kappa shape index (κ2) is 13.9. The Kier molecular flexibility index (Phi) is 8.93. The molecule has 0 N–H and O–H groups in total. The summed E-state index contributed by atoms with van der Waals surface area (Å²) < 4.78 is 90.8. The summed E-state index contributed by atoms with van der Waals surface area (Å²) in [6.45, 7) is 1.91. The SMILES string of the molecule is CCc1c(N2c3ccccc3Sc3ccccc32)c(-c2ccccc2C(F)(F)F)cc(-c2ccccc2C(F)(F)F)c1N1c2ccccc2Sc2ccccc21. The van der Waals surface area contributed by atoms with Crippen molar-refractivity contribution in [2.45, 2.75) is 45.3 Å². The number of fused-ring (bicyclic) bond motifs is 4. The Morgan fingerprint density at radius 1 is 0.411 bits per heavy atom. The van der Waals surface area contributed by atoms with Crippen LogP contribution in [0.25, 0.3) is 22.3 Å². The lowest BCUT2D eigenvalue weighted by Crippen LogP contribution is -2.22. The maximum absolute atomic E-state index is 15.1. The maximum Gasteiger partial charge on any atom is 0.417 e. The highest BCUT2D eigenvalue weighted by Crippen LogP contribution is 2.61. The molecule has 2 aliphatic heterocycles. The molecule has 0 radical (unpaired) electrons. The molecule has 0 saturated carbocycles. The van der Waals surface area contributed by atoms with Crippen molar-refractivity contribution >= 4 is 57.6 Å². The molecule has 0 aliphatic carbocycles. The molecule has 10 heteroatoms. The van der Waals surface area contributed by atoms with E-state index in [1.807, 2.05) is 114 Å². The Bertz CT molecular complexity index is 2380. The third-order valence-corrected chi connectivity index (χ3v) is 12.3. The summed E-state index contributed by atoms with van der Waals surface area (Å²) in [5.41, 5.74) is 2.79. The molecule has 2 heterocycles. The van der Waals surface area contributed by atoms with Gasteiger partial charge in [-0.2, -0.15) is 26.3 Å². The second-order valence-electron chi connectivity index (χ2n) is 13.3. The lowest BCUT2D eigenvalue weighted by molar-refractivity contribution is -0.137. The smallest absolute Gasteiger partial charge is 0.307 e. The summed E-state index contributed by atoms with van der Waals surface area (Å²) in [6.07, 6.45) is -9.27. The average molecular weight is 789 g/mol. The average Bonchev–Trinajstić information content (AvgIpc) is 3.20. The molecule has 2 aliphatic rings. The van der Waals surface area contributed by atoms with Crippen LogP contribution in [-0.2, 0) is 18.8 Å². The molecule has 0 unspecified atom stereocenters. The normalized spacial score (nSPS) is 13.5. The van der Waals surface area contributed by atoms with Crippen molar-refractivity contribution in [3.63, 3.8) is 0 Å². The van der Waals surface area contributed by atoms with E-state index in [1.54, 1.807) is 41.7 Å². The van der Waals surface area contributed by atoms with Gasteiger partial charge in [0.1, 0.15) is 0 Å². The van der Waals surface area contributed by atoms with Crippen molar-refractivity contribution in [1.29, 1.82) is 0 Å². The zero-order valence-electron chi connectivity index (χ0n) is 29.6. The maximum atomic E-state index is 15.1. The topological polar surface area (TPSA) is 6.48 Å². The quantitative estimate of drug-likeness (QED) is 0.160. The Labute approximate surface area is 328 Å². The van der Waals surface area contributed by atoms with Gasteiger partial charge >= 0.3 is 12.4 Å². The first-order valence-electron chi connectivity index (χ1n) is 17.9. The van der Waals surface area contributed by atoms with Crippen molar-refractivity contribution in [3.05, 3.63) is 168 Å². The van der Waals surface area contributed by atoms with E-state index in [0.29, 0.717) is 16.9 Å². The first-order chi connectivity index (χ1) is 27.0. The Balaban J connectivity index is 1.52. The molecule has 56 heavy (non-hydrogen) atoms. The molecule has 0 amide bonds. The molecular weight excluding hydrogens is 759 g/mol. The summed E-state index contributed by atoms with van der Waals surface area (Å²) in [4.78, 5) is 7.56. The van der Waals surface area contributed by atoms with Crippen LogP contribution in [0, 0.1) is 0 Å². The molecular formula is C46H30F6N2S2. The molecule has 9 rings (SSSR count). The van der Waals surface area contributed by atoms with E-state index in [4.69, 9.17) is 0 Å². The van der Waals surface area contributed by atoms with Crippen LogP contribution in [-0.4, -0.2) is 0 Å². The van der Waals surface area contributed by atoms with Crippen molar-refractivity contribution < 1.29 is 26.3 Å². The van der Waals surface area contributed by atoms with E-state index < -0.39 is 23.5 Å². The molecule has 0 saturated heterocycles. The van der Waals surface area contributed by atoms with Crippen molar-refractivity contribution in [1.82, 2.24) is 0 Å². The van der Waals surface area contributed by atoms with E-state index >= 15 is 26.3 Å². The third-order valence-electron chi connectivity index (χ3n) is 10.1. The minimum Gasteiger partial charge on any atom is -0.307 e. The Morgan fingerprint density at radius 3 is 1.04 bits per heavy atom. The molecule has 0 atom stereocenters. The van der Waals surface area contributed by atoms with E-state index in [2.05, 4.69) is 0 Å². The van der Waals surface area contributed by atoms with Gasteiger partial charge < -0.3 is 9.80 Å². The fourth-order valence-corrected chi connectivity index (χ4v) is 9.91. The minimum absolute atomic E-state index is 0.134. The molecule has 0 spiro atoms. The van der Waals surface area contributed by atoms with Gasteiger partial charge in [0.2, 0.25) is 0 Å². The van der Waals surface area contributed by atoms with Gasteiger partial charge in [-0.25, -0.2) is 0 Å². The molecule has 7 aromatic carbocycles. The predicted octanol–water partition coefficient (Wildman–Crippen LogP) is 15.5. The zero-order chi connectivity index (χ0) is 38.8. The van der Waals surface area contributed by atoms with E-state index in [9.17, 15) is 0 Å². The predicted molar refractivity (Wildman–Crippen MR) is 214 cm³/mol. The van der Waals surface area contributed by atoms with Crippen LogP contribution in [0.5, 0.6) is 0 Å². The number of anilines is 6. The molecule has 7 aromatic rings. The number of halogens is 6. The van der Waals surface area contributed by atoms with Crippen LogP contribution in [0.3, 0.4) is 0 Å². The van der Waals surface area contributed by atoms with Crippen molar-refractivity contribution in [2.24, 2.45) is 0 Å². The van der Waals surface area contributed by atoms with Crippen molar-refractivity contribution in [3.8, 4) is 22.3 Å². The van der Waals surface area contributed by atoms with Crippen LogP contribution in [0.2, 0.25) is 0 Å². The first-order valence-corrected chi connectivity index (χ1v) is 19.5.